The summed E-state index contributed by atoms with van der Waals surface area (Å²) in [6.07, 6.45) is 5.76. The summed E-state index contributed by atoms with van der Waals surface area (Å²) in [5.74, 6) is -0.599. The highest BCUT2D eigenvalue weighted by Gasteiger charge is 2.27. The summed E-state index contributed by atoms with van der Waals surface area (Å²) in [6, 6.07) is 10.2. The minimum absolute atomic E-state index is 0.0387. The zero-order chi connectivity index (χ0) is 22.9. The van der Waals surface area contributed by atoms with E-state index in [9.17, 15) is 9.18 Å². The molecule has 0 bridgehead atoms. The third-order valence-electron chi connectivity index (χ3n) is 5.96. The number of nitrogens with zero attached hydrogens (tertiary/aromatic N) is 3. The lowest BCUT2D eigenvalue weighted by molar-refractivity contribution is -0.143. The highest BCUT2D eigenvalue weighted by atomic mass is 35.5. The number of H-pyrrole nitrogens is 1. The Labute approximate surface area is 193 Å². The van der Waals surface area contributed by atoms with Crippen LogP contribution < -0.4 is 4.74 Å². The number of nitrogens with one attached hydrogen (secondary N) is 1. The molecule has 0 saturated heterocycles. The molecule has 0 radical (unpaired) electrons. The van der Waals surface area contributed by atoms with Crippen LogP contribution in [0.15, 0.2) is 48.8 Å². The highest BCUT2D eigenvalue weighted by Crippen LogP contribution is 2.31. The molecule has 0 spiro atoms. The lowest BCUT2D eigenvalue weighted by atomic mass is 9.87. The van der Waals surface area contributed by atoms with Crippen molar-refractivity contribution in [3.05, 3.63) is 59.8 Å². The molecule has 0 unspecified atom stereocenters. The molecule has 1 aliphatic carbocycles. The number of imidazole rings is 1. The van der Waals surface area contributed by atoms with Gasteiger partial charge in [-0.3, -0.25) is 4.79 Å². The first kappa shape index (κ1) is 21.3. The second kappa shape index (κ2) is 8.78. The van der Waals surface area contributed by atoms with Crippen molar-refractivity contribution in [1.29, 1.82) is 0 Å². The Balaban J connectivity index is 1.30. The molecule has 168 valence electrons. The second-order valence-electron chi connectivity index (χ2n) is 8.09. The zero-order valence-corrected chi connectivity index (χ0v) is 18.2. The van der Waals surface area contributed by atoms with E-state index < -0.39 is 11.8 Å². The number of halogens is 2. The number of hydrogen-bond acceptors (Lipinski definition) is 5. The topological polar surface area (TPSA) is 101 Å². The van der Waals surface area contributed by atoms with E-state index in [2.05, 4.69) is 19.9 Å². The summed E-state index contributed by atoms with van der Waals surface area (Å²) in [5, 5.41) is 9.37. The van der Waals surface area contributed by atoms with E-state index in [1.165, 1.54) is 6.07 Å². The van der Waals surface area contributed by atoms with Crippen molar-refractivity contribution < 1.29 is 19.0 Å². The number of carboxylic acid groups (broad SMARTS) is 1. The Bertz CT molecular complexity index is 1320. The van der Waals surface area contributed by atoms with E-state index in [-0.39, 0.29) is 17.2 Å². The van der Waals surface area contributed by atoms with Crippen molar-refractivity contribution in [2.45, 2.75) is 31.8 Å². The van der Waals surface area contributed by atoms with Gasteiger partial charge in [0, 0.05) is 24.0 Å². The number of aromatic amines is 1. The fraction of sp³-hybridized carbons (Fsp3) is 0.250. The third kappa shape index (κ3) is 4.39. The van der Waals surface area contributed by atoms with Gasteiger partial charge in [-0.15, -0.1) is 0 Å². The van der Waals surface area contributed by atoms with Crippen LogP contribution in [0.2, 0.25) is 5.15 Å². The SMILES string of the molecule is O=C(O)C1CCC(Oc2ccc(-c3ccc(-c4nc5c(Cl)nccc5[nH]4)c(F)c3)cn2)CC1. The number of ether oxygens (including phenoxy) is 1. The van der Waals surface area contributed by atoms with Crippen molar-refractivity contribution in [2.75, 3.05) is 0 Å². The van der Waals surface area contributed by atoms with Crippen LogP contribution in [0, 0.1) is 11.7 Å². The smallest absolute Gasteiger partial charge is 0.306 e. The first-order valence-corrected chi connectivity index (χ1v) is 11.0. The normalized spacial score (nSPS) is 18.4. The van der Waals surface area contributed by atoms with Gasteiger partial charge in [0.05, 0.1) is 17.0 Å². The van der Waals surface area contributed by atoms with Crippen molar-refractivity contribution in [1.82, 2.24) is 19.9 Å². The van der Waals surface area contributed by atoms with Crippen LogP contribution in [0.1, 0.15) is 25.7 Å². The molecule has 9 heteroatoms. The lowest BCUT2D eigenvalue weighted by Gasteiger charge is -2.26. The summed E-state index contributed by atoms with van der Waals surface area (Å²) in [6.45, 7) is 0. The fourth-order valence-corrected chi connectivity index (χ4v) is 4.34. The van der Waals surface area contributed by atoms with Gasteiger partial charge in [-0.2, -0.15) is 0 Å². The average molecular weight is 467 g/mol. The summed E-state index contributed by atoms with van der Waals surface area (Å²) in [7, 11) is 0. The molecule has 3 heterocycles. The molecule has 1 fully saturated rings. The van der Waals surface area contributed by atoms with Crippen LogP contribution in [0.25, 0.3) is 33.5 Å². The number of rotatable bonds is 5. The number of aromatic nitrogens is 4. The number of carboxylic acids is 1. The Morgan fingerprint density at radius 2 is 1.88 bits per heavy atom. The molecule has 2 N–H and O–H groups in total. The molecule has 5 rings (SSSR count). The molecule has 1 aromatic carbocycles. The Morgan fingerprint density at radius 3 is 2.55 bits per heavy atom. The molecule has 0 aliphatic heterocycles. The molecule has 0 amide bonds. The fourth-order valence-electron chi connectivity index (χ4n) is 4.14. The highest BCUT2D eigenvalue weighted by molar-refractivity contribution is 6.33. The molecule has 1 saturated carbocycles. The summed E-state index contributed by atoms with van der Waals surface area (Å²) < 4.78 is 20.8. The number of fused-ring (bicyclic) bond motifs is 1. The van der Waals surface area contributed by atoms with Gasteiger partial charge in [0.15, 0.2) is 5.15 Å². The second-order valence-corrected chi connectivity index (χ2v) is 8.45. The largest absolute Gasteiger partial charge is 0.481 e. The molecule has 4 aromatic rings. The molecule has 33 heavy (non-hydrogen) atoms. The molecule has 1 aliphatic rings. The van der Waals surface area contributed by atoms with E-state index in [1.807, 2.05) is 6.07 Å². The first-order valence-electron chi connectivity index (χ1n) is 10.6. The quantitative estimate of drug-likeness (QED) is 0.376. The zero-order valence-electron chi connectivity index (χ0n) is 17.5. The van der Waals surface area contributed by atoms with Crippen molar-refractivity contribution in [2.24, 2.45) is 5.92 Å². The third-order valence-corrected chi connectivity index (χ3v) is 6.24. The number of aliphatic carboxylic acids is 1. The van der Waals surface area contributed by atoms with Gasteiger partial charge in [-0.05, 0) is 55.5 Å². The lowest BCUT2D eigenvalue weighted by Crippen LogP contribution is -2.28. The maximum absolute atomic E-state index is 14.9. The number of hydrogen-bond donors (Lipinski definition) is 2. The molecule has 3 aromatic heterocycles. The predicted octanol–water partition coefficient (Wildman–Crippen LogP) is 5.50. The van der Waals surface area contributed by atoms with Crippen LogP contribution in [-0.4, -0.2) is 37.1 Å². The van der Waals surface area contributed by atoms with Gasteiger partial charge in [0.25, 0.3) is 0 Å². The van der Waals surface area contributed by atoms with Gasteiger partial charge in [0.2, 0.25) is 5.88 Å². The van der Waals surface area contributed by atoms with Gasteiger partial charge < -0.3 is 14.8 Å². The van der Waals surface area contributed by atoms with Gasteiger partial charge in [-0.25, -0.2) is 19.3 Å². The van der Waals surface area contributed by atoms with E-state index >= 15 is 0 Å². The average Bonchev–Trinajstić information content (AvgIpc) is 3.25. The van der Waals surface area contributed by atoms with E-state index in [0.29, 0.717) is 59.5 Å². The molecular weight excluding hydrogens is 447 g/mol. The summed E-state index contributed by atoms with van der Waals surface area (Å²) in [4.78, 5) is 26.9. The number of pyridine rings is 2. The predicted molar refractivity (Wildman–Crippen MR) is 122 cm³/mol. The van der Waals surface area contributed by atoms with Crippen LogP contribution in [0.5, 0.6) is 5.88 Å². The van der Waals surface area contributed by atoms with E-state index in [1.54, 1.807) is 36.7 Å². The van der Waals surface area contributed by atoms with Crippen LogP contribution in [0.4, 0.5) is 4.39 Å². The summed E-state index contributed by atoms with van der Waals surface area (Å²) in [5.41, 5.74) is 2.93. The summed E-state index contributed by atoms with van der Waals surface area (Å²) >= 11 is 6.07. The minimum atomic E-state index is -0.740. The minimum Gasteiger partial charge on any atom is -0.481 e. The maximum atomic E-state index is 14.9. The van der Waals surface area contributed by atoms with Gasteiger partial charge >= 0.3 is 5.97 Å². The molecular formula is C24H20ClFN4O3. The standard InChI is InChI=1S/C24H20ClFN4O3/c25-22-21-19(9-10-27-22)29-23(30-21)17-7-3-14(11-18(17)26)15-4-8-20(28-12-15)33-16-5-1-13(2-6-16)24(31)32/h3-4,7-13,16H,1-2,5-6H2,(H,29,30)(H,31,32). The number of carbonyl (C=O) groups is 1. The Morgan fingerprint density at radius 1 is 1.09 bits per heavy atom. The monoisotopic (exact) mass is 466 g/mol. The van der Waals surface area contributed by atoms with E-state index in [0.717, 1.165) is 5.56 Å². The Kier molecular flexibility index (Phi) is 5.68. The Hall–Kier alpha value is -3.52. The molecule has 7 nitrogen and oxygen atoms in total. The van der Waals surface area contributed by atoms with Gasteiger partial charge in [0.1, 0.15) is 23.3 Å². The maximum Gasteiger partial charge on any atom is 0.306 e. The van der Waals surface area contributed by atoms with Crippen molar-refractivity contribution in [3.8, 4) is 28.4 Å². The van der Waals surface area contributed by atoms with Crippen LogP contribution in [-0.2, 0) is 4.79 Å². The van der Waals surface area contributed by atoms with Gasteiger partial charge in [-0.1, -0.05) is 17.7 Å². The van der Waals surface area contributed by atoms with Crippen LogP contribution >= 0.6 is 11.6 Å². The van der Waals surface area contributed by atoms with Crippen molar-refractivity contribution in [3.63, 3.8) is 0 Å². The van der Waals surface area contributed by atoms with Crippen molar-refractivity contribution >= 4 is 28.6 Å². The van der Waals surface area contributed by atoms with E-state index in [4.69, 9.17) is 21.4 Å². The van der Waals surface area contributed by atoms with Crippen LogP contribution in [0.3, 0.4) is 0 Å². The first-order chi connectivity index (χ1) is 16.0. The molecule has 0 atom stereocenters. The number of benzene rings is 1.